The fraction of sp³-hybridized carbons (Fsp3) is 0.217. The molecule has 1 N–H and O–H groups in total. The van der Waals surface area contributed by atoms with Crippen molar-refractivity contribution < 1.29 is 28.2 Å². The Morgan fingerprint density at radius 3 is 2.81 bits per heavy atom. The maximum absolute atomic E-state index is 13.4. The van der Waals surface area contributed by atoms with Crippen molar-refractivity contribution in [2.45, 2.75) is 19.6 Å². The number of furan rings is 1. The average Bonchev–Trinajstić information content (AvgIpc) is 3.41. The number of carbonyl (C=O) groups excluding carboxylic acids is 2. The lowest BCUT2D eigenvalue weighted by molar-refractivity contribution is 0.0597. The molecule has 31 heavy (non-hydrogen) atoms. The van der Waals surface area contributed by atoms with E-state index in [1.807, 2.05) is 36.4 Å². The van der Waals surface area contributed by atoms with Crippen LogP contribution >= 0.6 is 0 Å². The largest absolute Gasteiger partial charge is 0.465 e. The second-order valence-corrected chi connectivity index (χ2v) is 7.32. The van der Waals surface area contributed by atoms with Gasteiger partial charge in [-0.15, -0.1) is 0 Å². The molecule has 8 nitrogen and oxygen atoms in total. The van der Waals surface area contributed by atoms with Gasteiger partial charge in [-0.25, -0.2) is 4.79 Å². The van der Waals surface area contributed by atoms with Gasteiger partial charge in [-0.05, 0) is 42.8 Å². The number of hydrogen-bond acceptors (Lipinski definition) is 7. The number of carbonyl (C=O) groups is 2. The zero-order chi connectivity index (χ0) is 21.5. The van der Waals surface area contributed by atoms with Gasteiger partial charge in [0.1, 0.15) is 17.1 Å². The maximum atomic E-state index is 13.4. The summed E-state index contributed by atoms with van der Waals surface area (Å²) < 4.78 is 21.6. The summed E-state index contributed by atoms with van der Waals surface area (Å²) in [6, 6.07) is 14.5. The van der Waals surface area contributed by atoms with Crippen molar-refractivity contribution >= 4 is 17.6 Å². The minimum atomic E-state index is -0.607. The van der Waals surface area contributed by atoms with E-state index in [1.165, 1.54) is 7.11 Å². The van der Waals surface area contributed by atoms with Crippen molar-refractivity contribution in [3.8, 4) is 11.5 Å². The van der Waals surface area contributed by atoms with Gasteiger partial charge in [0.15, 0.2) is 17.7 Å². The molecule has 0 spiro atoms. The predicted octanol–water partition coefficient (Wildman–Crippen LogP) is 3.87. The quantitative estimate of drug-likeness (QED) is 0.641. The van der Waals surface area contributed by atoms with Crippen molar-refractivity contribution in [1.29, 1.82) is 0 Å². The smallest absolute Gasteiger partial charge is 0.341 e. The van der Waals surface area contributed by atoms with Gasteiger partial charge in [0.2, 0.25) is 6.79 Å². The number of fused-ring (bicyclic) bond motifs is 2. The Bertz CT molecular complexity index is 1180. The summed E-state index contributed by atoms with van der Waals surface area (Å²) in [5.74, 6) is 1.56. The van der Waals surface area contributed by atoms with Crippen LogP contribution in [0.2, 0.25) is 0 Å². The van der Waals surface area contributed by atoms with Crippen LogP contribution in [0.15, 0.2) is 52.9 Å². The number of nitrogens with one attached hydrogen (secondary N) is 1. The molecule has 3 aromatic rings. The van der Waals surface area contributed by atoms with Gasteiger partial charge in [0.25, 0.3) is 5.91 Å². The Morgan fingerprint density at radius 2 is 1.97 bits per heavy atom. The van der Waals surface area contributed by atoms with Gasteiger partial charge in [-0.3, -0.25) is 4.79 Å². The molecule has 0 saturated heterocycles. The van der Waals surface area contributed by atoms with Gasteiger partial charge in [-0.2, -0.15) is 0 Å². The Morgan fingerprint density at radius 1 is 1.16 bits per heavy atom. The first-order valence-corrected chi connectivity index (χ1v) is 9.79. The molecule has 0 fully saturated rings. The molecule has 5 rings (SSSR count). The van der Waals surface area contributed by atoms with Crippen molar-refractivity contribution in [2.75, 3.05) is 19.2 Å². The molecule has 1 aromatic heterocycles. The average molecular weight is 420 g/mol. The van der Waals surface area contributed by atoms with E-state index in [9.17, 15) is 9.59 Å². The maximum Gasteiger partial charge on any atom is 0.341 e. The highest BCUT2D eigenvalue weighted by atomic mass is 16.7. The fourth-order valence-electron chi connectivity index (χ4n) is 3.87. The number of esters is 1. The predicted molar refractivity (Wildman–Crippen MR) is 110 cm³/mol. The molecule has 158 valence electrons. The van der Waals surface area contributed by atoms with E-state index < -0.39 is 12.1 Å². The van der Waals surface area contributed by atoms with Crippen molar-refractivity contribution in [3.05, 3.63) is 76.7 Å². The summed E-state index contributed by atoms with van der Waals surface area (Å²) in [5, 5.41) is 3.37. The molecule has 0 aliphatic carbocycles. The number of methoxy groups -OCH3 is 1. The zero-order valence-corrected chi connectivity index (χ0v) is 17.0. The molecule has 0 radical (unpaired) electrons. The number of aryl methyl sites for hydroxylation is 1. The first-order valence-electron chi connectivity index (χ1n) is 9.79. The van der Waals surface area contributed by atoms with Crippen LogP contribution in [0.1, 0.15) is 44.0 Å². The number of amides is 1. The van der Waals surface area contributed by atoms with Crippen LogP contribution in [0.25, 0.3) is 0 Å². The number of nitrogens with zero attached hydrogens (tertiary/aromatic N) is 1. The molecule has 1 atom stereocenters. The summed E-state index contributed by atoms with van der Waals surface area (Å²) in [4.78, 5) is 27.1. The Hall–Kier alpha value is -3.94. The Kier molecular flexibility index (Phi) is 4.54. The molecular formula is C23H20N2O6. The molecule has 8 heteroatoms. The highest BCUT2D eigenvalue weighted by Crippen LogP contribution is 2.37. The number of ether oxygens (including phenoxy) is 3. The fourth-order valence-corrected chi connectivity index (χ4v) is 3.87. The second kappa shape index (κ2) is 7.39. The van der Waals surface area contributed by atoms with E-state index in [1.54, 1.807) is 24.0 Å². The molecule has 2 aromatic carbocycles. The van der Waals surface area contributed by atoms with Gasteiger partial charge >= 0.3 is 5.97 Å². The monoisotopic (exact) mass is 420 g/mol. The summed E-state index contributed by atoms with van der Waals surface area (Å²) in [7, 11) is 1.32. The number of benzene rings is 2. The summed E-state index contributed by atoms with van der Waals surface area (Å²) >= 11 is 0. The van der Waals surface area contributed by atoms with Crippen molar-refractivity contribution in [3.63, 3.8) is 0 Å². The SMILES string of the molecule is COC(=O)c1cc(C2Nc3ccccc3C(=O)N2Cc2ccc3c(c2)OCO3)oc1C. The van der Waals surface area contributed by atoms with Crippen LogP contribution < -0.4 is 14.8 Å². The van der Waals surface area contributed by atoms with Gasteiger partial charge in [0, 0.05) is 12.2 Å². The second-order valence-electron chi connectivity index (χ2n) is 7.32. The van der Waals surface area contributed by atoms with Gasteiger partial charge in [-0.1, -0.05) is 18.2 Å². The summed E-state index contributed by atoms with van der Waals surface area (Å²) in [6.45, 7) is 2.17. The standard InChI is InChI=1S/C23H20N2O6/c1-13-16(23(27)28-2)10-20(31-13)21-24-17-6-4-3-5-15(17)22(26)25(21)11-14-7-8-18-19(9-14)30-12-29-18/h3-10,21,24H,11-12H2,1-2H3. The van der Waals surface area contributed by atoms with Crippen LogP contribution in [-0.4, -0.2) is 30.7 Å². The lowest BCUT2D eigenvalue weighted by Gasteiger charge is -2.36. The van der Waals surface area contributed by atoms with E-state index in [4.69, 9.17) is 18.6 Å². The van der Waals surface area contributed by atoms with Crippen LogP contribution in [0, 0.1) is 6.92 Å². The first kappa shape index (κ1) is 19.0. The van der Waals surface area contributed by atoms with E-state index in [-0.39, 0.29) is 12.7 Å². The van der Waals surface area contributed by atoms with Crippen LogP contribution in [-0.2, 0) is 11.3 Å². The van der Waals surface area contributed by atoms with Crippen LogP contribution in [0.4, 0.5) is 5.69 Å². The topological polar surface area (TPSA) is 90.2 Å². The number of para-hydroxylation sites is 1. The highest BCUT2D eigenvalue weighted by Gasteiger charge is 2.36. The van der Waals surface area contributed by atoms with Crippen LogP contribution in [0.3, 0.4) is 0 Å². The van der Waals surface area contributed by atoms with Gasteiger partial charge < -0.3 is 28.8 Å². The zero-order valence-electron chi connectivity index (χ0n) is 17.0. The first-order chi connectivity index (χ1) is 15.0. The third kappa shape index (κ3) is 3.26. The number of anilines is 1. The minimum absolute atomic E-state index is 0.148. The summed E-state index contributed by atoms with van der Waals surface area (Å²) in [6.07, 6.45) is -0.607. The molecule has 1 unspecified atom stereocenters. The van der Waals surface area contributed by atoms with Crippen molar-refractivity contribution in [2.24, 2.45) is 0 Å². The van der Waals surface area contributed by atoms with Gasteiger partial charge in [0.05, 0.1) is 12.7 Å². The van der Waals surface area contributed by atoms with Crippen LogP contribution in [0.5, 0.6) is 11.5 Å². The molecule has 1 amide bonds. The van der Waals surface area contributed by atoms with E-state index in [0.717, 1.165) is 5.56 Å². The third-order valence-corrected chi connectivity index (χ3v) is 5.42. The van der Waals surface area contributed by atoms with E-state index in [0.29, 0.717) is 46.4 Å². The van der Waals surface area contributed by atoms with Crippen molar-refractivity contribution in [1.82, 2.24) is 4.90 Å². The third-order valence-electron chi connectivity index (χ3n) is 5.42. The molecule has 0 bridgehead atoms. The minimum Gasteiger partial charge on any atom is -0.465 e. The lowest BCUT2D eigenvalue weighted by atomic mass is 10.0. The number of rotatable bonds is 4. The molecule has 2 aliphatic rings. The lowest BCUT2D eigenvalue weighted by Crippen LogP contribution is -2.42. The molecule has 3 heterocycles. The molecule has 2 aliphatic heterocycles. The van der Waals surface area contributed by atoms with E-state index in [2.05, 4.69) is 5.32 Å². The number of hydrogen-bond donors (Lipinski definition) is 1. The Labute approximate surface area is 178 Å². The summed E-state index contributed by atoms with van der Waals surface area (Å²) in [5.41, 5.74) is 2.47. The highest BCUT2D eigenvalue weighted by molar-refractivity contribution is 6.01. The molecular weight excluding hydrogens is 400 g/mol. The normalized spacial score (nSPS) is 16.6. The van der Waals surface area contributed by atoms with E-state index >= 15 is 0 Å². The Balaban J connectivity index is 1.54. The molecule has 0 saturated carbocycles.